The summed E-state index contributed by atoms with van der Waals surface area (Å²) < 4.78 is 33.7. The van der Waals surface area contributed by atoms with Gasteiger partial charge in [-0.3, -0.25) is 9.36 Å². The van der Waals surface area contributed by atoms with Crippen LogP contribution in [0.15, 0.2) is 63.8 Å². The van der Waals surface area contributed by atoms with E-state index in [9.17, 15) is 23.5 Å². The number of hydrogen-bond acceptors (Lipinski definition) is 5. The number of amides is 1. The third-order valence-corrected chi connectivity index (χ3v) is 6.78. The highest BCUT2D eigenvalue weighted by Crippen LogP contribution is 2.26. The Balaban J connectivity index is 1.64. The summed E-state index contributed by atoms with van der Waals surface area (Å²) in [5, 5.41) is 11.0. The molecule has 1 aromatic heterocycles. The van der Waals surface area contributed by atoms with E-state index in [0.29, 0.717) is 5.52 Å². The summed E-state index contributed by atoms with van der Waals surface area (Å²) in [6, 6.07) is 12.7. The summed E-state index contributed by atoms with van der Waals surface area (Å²) in [5.74, 6) is -2.57. The molecule has 0 spiro atoms. The normalized spacial score (nSPS) is 13.0. The highest BCUT2D eigenvalue weighted by atomic mass is 35.5. The van der Waals surface area contributed by atoms with Crippen LogP contribution in [-0.4, -0.2) is 39.2 Å². The molecule has 0 aliphatic carbocycles. The van der Waals surface area contributed by atoms with Crippen molar-refractivity contribution >= 4 is 28.6 Å². The maximum Gasteiger partial charge on any atom is 0.419 e. The van der Waals surface area contributed by atoms with Crippen molar-refractivity contribution < 1.29 is 23.1 Å². The summed E-state index contributed by atoms with van der Waals surface area (Å²) >= 11 is 6.41. The zero-order chi connectivity index (χ0) is 27.6. The molecule has 0 unspecified atom stereocenters. The van der Waals surface area contributed by atoms with Gasteiger partial charge in [-0.05, 0) is 47.7 Å². The lowest BCUT2D eigenvalue weighted by Crippen LogP contribution is -2.46. The van der Waals surface area contributed by atoms with Gasteiger partial charge in [-0.1, -0.05) is 42.8 Å². The van der Waals surface area contributed by atoms with Gasteiger partial charge in [0, 0.05) is 38.3 Å². The predicted molar refractivity (Wildman–Crippen MR) is 141 cm³/mol. The number of benzene rings is 3. The number of oxazole rings is 1. The molecule has 0 saturated heterocycles. The van der Waals surface area contributed by atoms with Crippen molar-refractivity contribution in [2.45, 2.75) is 38.5 Å². The summed E-state index contributed by atoms with van der Waals surface area (Å²) in [6.07, 6.45) is -0.427. The van der Waals surface area contributed by atoms with Crippen LogP contribution in [0.5, 0.6) is 0 Å². The summed E-state index contributed by atoms with van der Waals surface area (Å²) in [7, 11) is 1.52. The molecular formula is C28H28ClF2N3O4. The Labute approximate surface area is 223 Å². The van der Waals surface area contributed by atoms with Gasteiger partial charge in [0.1, 0.15) is 11.6 Å². The number of rotatable bonds is 9. The van der Waals surface area contributed by atoms with E-state index in [1.165, 1.54) is 28.6 Å². The number of carbonyl (C=O) groups is 1. The zero-order valence-corrected chi connectivity index (χ0v) is 21.7. The van der Waals surface area contributed by atoms with E-state index in [0.717, 1.165) is 35.7 Å². The number of nitrogens with zero attached hydrogens (tertiary/aromatic N) is 2. The molecule has 2 atom stereocenters. The van der Waals surface area contributed by atoms with Crippen molar-refractivity contribution in [1.82, 2.24) is 9.47 Å². The molecule has 1 heterocycles. The van der Waals surface area contributed by atoms with E-state index in [-0.39, 0.29) is 41.2 Å². The SMILES string of the molecule is CCc1cccc(CN(C[C@@H](O)[C@@H](N)Cc2cc(F)cc(F)c2)C(=O)c2cc3c(cc2Cl)oc(=O)n3C)c1. The van der Waals surface area contributed by atoms with Crippen LogP contribution in [-0.2, 0) is 26.4 Å². The molecule has 1 amide bonds. The van der Waals surface area contributed by atoms with Crippen molar-refractivity contribution in [3.05, 3.63) is 104 Å². The third-order valence-electron chi connectivity index (χ3n) is 6.47. The van der Waals surface area contributed by atoms with E-state index in [4.69, 9.17) is 21.8 Å². The smallest absolute Gasteiger partial charge is 0.408 e. The minimum atomic E-state index is -1.22. The van der Waals surface area contributed by atoms with Gasteiger partial charge >= 0.3 is 5.76 Å². The van der Waals surface area contributed by atoms with Crippen molar-refractivity contribution in [3.8, 4) is 0 Å². The zero-order valence-electron chi connectivity index (χ0n) is 21.0. The standard InChI is InChI=1S/C28H28ClF2N3O4/c1-3-16-5-4-6-17(7-16)14-34(15-25(35)23(32)10-18-8-19(30)11-20(31)9-18)27(36)21-12-24-26(13-22(21)29)38-28(37)33(24)2/h4-9,11-13,23,25,35H,3,10,14-15,32H2,1-2H3/t23-,25+/m0/s1. The molecule has 0 saturated carbocycles. The van der Waals surface area contributed by atoms with Gasteiger partial charge in [-0.15, -0.1) is 0 Å². The average Bonchev–Trinajstić information content (AvgIpc) is 3.14. The predicted octanol–water partition coefficient (Wildman–Crippen LogP) is 4.20. The minimum Gasteiger partial charge on any atom is -0.408 e. The Morgan fingerprint density at radius 2 is 1.79 bits per heavy atom. The Kier molecular flexibility index (Phi) is 8.30. The molecule has 0 radical (unpaired) electrons. The number of halogens is 3. The van der Waals surface area contributed by atoms with Crippen LogP contribution >= 0.6 is 11.6 Å². The molecule has 38 heavy (non-hydrogen) atoms. The van der Waals surface area contributed by atoms with Crippen LogP contribution in [0.3, 0.4) is 0 Å². The van der Waals surface area contributed by atoms with Crippen molar-refractivity contribution in [2.75, 3.05) is 6.54 Å². The molecule has 200 valence electrons. The Morgan fingerprint density at radius 1 is 1.11 bits per heavy atom. The molecule has 4 rings (SSSR count). The van der Waals surface area contributed by atoms with Crippen LogP contribution in [0.2, 0.25) is 5.02 Å². The molecule has 3 aromatic carbocycles. The molecule has 0 bridgehead atoms. The molecular weight excluding hydrogens is 516 g/mol. The first-order chi connectivity index (χ1) is 18.0. The maximum absolute atomic E-state index is 13.8. The lowest BCUT2D eigenvalue weighted by atomic mass is 10.0. The first-order valence-electron chi connectivity index (χ1n) is 12.1. The number of hydrogen-bond donors (Lipinski definition) is 2. The highest BCUT2D eigenvalue weighted by molar-refractivity contribution is 6.34. The van der Waals surface area contributed by atoms with Crippen LogP contribution in [0.1, 0.15) is 34.0 Å². The largest absolute Gasteiger partial charge is 0.419 e. The number of aryl methyl sites for hydroxylation is 2. The molecule has 0 aliphatic rings. The number of nitrogens with two attached hydrogens (primary N) is 1. The molecule has 4 aromatic rings. The van der Waals surface area contributed by atoms with Gasteiger partial charge in [0.05, 0.1) is 22.2 Å². The Hall–Kier alpha value is -3.53. The summed E-state index contributed by atoms with van der Waals surface area (Å²) in [4.78, 5) is 27.1. The minimum absolute atomic E-state index is 0.00690. The van der Waals surface area contributed by atoms with Gasteiger partial charge < -0.3 is 20.2 Å². The Bertz CT molecular complexity index is 1510. The summed E-state index contributed by atoms with van der Waals surface area (Å²) in [6.45, 7) is 1.99. The van der Waals surface area contributed by atoms with Crippen LogP contribution < -0.4 is 11.5 Å². The third kappa shape index (κ3) is 6.12. The lowest BCUT2D eigenvalue weighted by molar-refractivity contribution is 0.0554. The van der Waals surface area contributed by atoms with Gasteiger partial charge in [0.25, 0.3) is 5.91 Å². The van der Waals surface area contributed by atoms with Gasteiger partial charge in [0.15, 0.2) is 5.58 Å². The number of aromatic nitrogens is 1. The van der Waals surface area contributed by atoms with E-state index >= 15 is 0 Å². The molecule has 7 nitrogen and oxygen atoms in total. The molecule has 0 aliphatic heterocycles. The second kappa shape index (κ2) is 11.5. The highest BCUT2D eigenvalue weighted by Gasteiger charge is 2.26. The second-order valence-electron chi connectivity index (χ2n) is 9.30. The second-order valence-corrected chi connectivity index (χ2v) is 9.71. The Morgan fingerprint density at radius 3 is 2.47 bits per heavy atom. The molecule has 10 heteroatoms. The number of aliphatic hydroxyl groups excluding tert-OH is 1. The number of fused-ring (bicyclic) bond motifs is 1. The van der Waals surface area contributed by atoms with E-state index < -0.39 is 35.4 Å². The maximum atomic E-state index is 13.8. The monoisotopic (exact) mass is 543 g/mol. The first-order valence-corrected chi connectivity index (χ1v) is 12.5. The lowest BCUT2D eigenvalue weighted by Gasteiger charge is -2.29. The fraction of sp³-hybridized carbons (Fsp3) is 0.286. The van der Waals surface area contributed by atoms with Gasteiger partial charge in [-0.25, -0.2) is 13.6 Å². The van der Waals surface area contributed by atoms with Crippen LogP contribution in [0.4, 0.5) is 8.78 Å². The van der Waals surface area contributed by atoms with Crippen molar-refractivity contribution in [1.29, 1.82) is 0 Å². The van der Waals surface area contributed by atoms with Crippen molar-refractivity contribution in [3.63, 3.8) is 0 Å². The van der Waals surface area contributed by atoms with Gasteiger partial charge in [-0.2, -0.15) is 0 Å². The van der Waals surface area contributed by atoms with Crippen LogP contribution in [0.25, 0.3) is 11.1 Å². The fourth-order valence-corrected chi connectivity index (χ4v) is 4.60. The average molecular weight is 544 g/mol. The van der Waals surface area contributed by atoms with Crippen LogP contribution in [0, 0.1) is 11.6 Å². The van der Waals surface area contributed by atoms with Crippen molar-refractivity contribution in [2.24, 2.45) is 12.8 Å². The molecule has 0 fully saturated rings. The van der Waals surface area contributed by atoms with Gasteiger partial charge in [0.2, 0.25) is 0 Å². The topological polar surface area (TPSA) is 102 Å². The first kappa shape index (κ1) is 27.5. The fourth-order valence-electron chi connectivity index (χ4n) is 4.37. The number of aliphatic hydroxyl groups is 1. The van der Waals surface area contributed by atoms with E-state index in [1.54, 1.807) is 0 Å². The molecule has 3 N–H and O–H groups in total. The van der Waals surface area contributed by atoms with E-state index in [1.807, 2.05) is 31.2 Å². The quantitative estimate of drug-likeness (QED) is 0.329. The van der Waals surface area contributed by atoms with E-state index in [2.05, 4.69) is 0 Å². The number of carbonyl (C=O) groups excluding carboxylic acids is 1. The summed E-state index contributed by atoms with van der Waals surface area (Å²) in [5.41, 5.74) is 9.14.